The Balaban J connectivity index is 1.87. The van der Waals surface area contributed by atoms with Gasteiger partial charge in [-0.1, -0.05) is 6.07 Å². The van der Waals surface area contributed by atoms with E-state index in [4.69, 9.17) is 9.47 Å². The zero-order valence-corrected chi connectivity index (χ0v) is 15.0. The Morgan fingerprint density at radius 3 is 2.69 bits per heavy atom. The average molecular weight is 352 g/mol. The molecule has 2 heterocycles. The Bertz CT molecular complexity index is 1020. The molecule has 0 aliphatic rings. The molecular formula is C20H20N2O4. The molecule has 0 spiro atoms. The van der Waals surface area contributed by atoms with Crippen molar-refractivity contribution in [1.82, 2.24) is 9.38 Å². The fourth-order valence-electron chi connectivity index (χ4n) is 2.69. The molecular weight excluding hydrogens is 332 g/mol. The van der Waals surface area contributed by atoms with Gasteiger partial charge in [-0.2, -0.15) is 0 Å². The van der Waals surface area contributed by atoms with E-state index in [0.717, 1.165) is 11.1 Å². The highest BCUT2D eigenvalue weighted by atomic mass is 16.5. The Kier molecular flexibility index (Phi) is 5.14. The van der Waals surface area contributed by atoms with Gasteiger partial charge in [-0.25, -0.2) is 4.98 Å². The van der Waals surface area contributed by atoms with Crippen LogP contribution in [0.4, 0.5) is 0 Å². The molecule has 0 atom stereocenters. The maximum atomic E-state index is 12.3. The van der Waals surface area contributed by atoms with Gasteiger partial charge in [0.2, 0.25) is 0 Å². The van der Waals surface area contributed by atoms with Crippen molar-refractivity contribution < 1.29 is 14.3 Å². The van der Waals surface area contributed by atoms with Crippen LogP contribution in [0.3, 0.4) is 0 Å². The number of carbonyl (C=O) groups excluding carboxylic acids is 1. The second kappa shape index (κ2) is 7.49. The first-order chi connectivity index (χ1) is 12.5. The van der Waals surface area contributed by atoms with Crippen LogP contribution in [0.1, 0.15) is 34.1 Å². The number of ether oxygens (including phenoxy) is 2. The van der Waals surface area contributed by atoms with Crippen LogP contribution in [-0.4, -0.2) is 22.3 Å². The van der Waals surface area contributed by atoms with Crippen molar-refractivity contribution in [1.29, 1.82) is 0 Å². The average Bonchev–Trinajstić information content (AvgIpc) is 2.61. The summed E-state index contributed by atoms with van der Waals surface area (Å²) in [7, 11) is 1.58. The highest BCUT2D eigenvalue weighted by Gasteiger charge is 2.10. The van der Waals surface area contributed by atoms with Crippen molar-refractivity contribution >= 4 is 11.4 Å². The van der Waals surface area contributed by atoms with Crippen LogP contribution in [0, 0.1) is 6.92 Å². The fraction of sp³-hybridized carbons (Fsp3) is 0.250. The molecule has 0 radical (unpaired) electrons. The molecule has 0 N–H and O–H groups in total. The van der Waals surface area contributed by atoms with E-state index in [0.29, 0.717) is 29.3 Å². The lowest BCUT2D eigenvalue weighted by Gasteiger charge is -2.12. The van der Waals surface area contributed by atoms with E-state index < -0.39 is 0 Å². The van der Waals surface area contributed by atoms with Gasteiger partial charge in [-0.15, -0.1) is 0 Å². The lowest BCUT2D eigenvalue weighted by atomic mass is 10.1. The van der Waals surface area contributed by atoms with Crippen LogP contribution in [-0.2, 0) is 18.0 Å². The van der Waals surface area contributed by atoms with Crippen LogP contribution in [0.25, 0.3) is 5.65 Å². The van der Waals surface area contributed by atoms with Gasteiger partial charge in [-0.05, 0) is 43.7 Å². The minimum atomic E-state index is -0.152. The monoisotopic (exact) mass is 352 g/mol. The fourth-order valence-corrected chi connectivity index (χ4v) is 2.69. The molecule has 0 saturated carbocycles. The Labute approximate surface area is 151 Å². The lowest BCUT2D eigenvalue weighted by Crippen LogP contribution is -2.16. The van der Waals surface area contributed by atoms with Crippen LogP contribution in [0.5, 0.6) is 5.75 Å². The van der Waals surface area contributed by atoms with Gasteiger partial charge in [0.1, 0.15) is 18.0 Å². The first-order valence-electron chi connectivity index (χ1n) is 8.22. The number of benzene rings is 1. The lowest BCUT2D eigenvalue weighted by molar-refractivity contribution is 0.101. The largest absolute Gasteiger partial charge is 0.487 e. The van der Waals surface area contributed by atoms with Crippen molar-refractivity contribution in [2.45, 2.75) is 27.1 Å². The number of aryl methyl sites for hydroxylation is 1. The first kappa shape index (κ1) is 17.8. The summed E-state index contributed by atoms with van der Waals surface area (Å²) in [6.45, 7) is 3.91. The Morgan fingerprint density at radius 2 is 1.96 bits per heavy atom. The van der Waals surface area contributed by atoms with Crippen molar-refractivity contribution in [3.63, 3.8) is 0 Å². The summed E-state index contributed by atoms with van der Waals surface area (Å²) in [4.78, 5) is 28.3. The van der Waals surface area contributed by atoms with E-state index in [1.54, 1.807) is 37.6 Å². The molecule has 6 heteroatoms. The topological polar surface area (TPSA) is 69.9 Å². The Hall–Kier alpha value is -2.99. The van der Waals surface area contributed by atoms with Gasteiger partial charge < -0.3 is 9.47 Å². The van der Waals surface area contributed by atoms with Crippen LogP contribution < -0.4 is 10.3 Å². The summed E-state index contributed by atoms with van der Waals surface area (Å²) >= 11 is 0. The zero-order chi connectivity index (χ0) is 18.7. The van der Waals surface area contributed by atoms with Gasteiger partial charge in [-0.3, -0.25) is 14.0 Å². The number of Topliss-reactive ketones (excluding diaryl/α,β-unsaturated/α-hetero) is 1. The summed E-state index contributed by atoms with van der Waals surface area (Å²) < 4.78 is 12.5. The van der Waals surface area contributed by atoms with Crippen molar-refractivity contribution in [2.24, 2.45) is 0 Å². The van der Waals surface area contributed by atoms with Crippen LogP contribution in [0.15, 0.2) is 47.4 Å². The van der Waals surface area contributed by atoms with Crippen molar-refractivity contribution in [2.75, 3.05) is 7.11 Å². The quantitative estimate of drug-likeness (QED) is 0.638. The standard InChI is InChI=1S/C20H20N2O4/c1-13-4-7-19-21-17(9-20(24)22(19)10-13)12-26-18-6-5-15(14(2)23)8-16(18)11-25-3/h4-10H,11-12H2,1-3H3. The maximum absolute atomic E-state index is 12.3. The number of nitrogens with zero attached hydrogens (tertiary/aromatic N) is 2. The van der Waals surface area contributed by atoms with E-state index in [-0.39, 0.29) is 17.9 Å². The van der Waals surface area contributed by atoms with E-state index in [2.05, 4.69) is 4.98 Å². The third kappa shape index (κ3) is 3.81. The van der Waals surface area contributed by atoms with Crippen molar-refractivity contribution in [3.8, 4) is 5.75 Å². The third-order valence-corrected chi connectivity index (χ3v) is 4.00. The van der Waals surface area contributed by atoms with E-state index in [1.165, 1.54) is 17.4 Å². The Morgan fingerprint density at radius 1 is 1.15 bits per heavy atom. The number of rotatable bonds is 6. The van der Waals surface area contributed by atoms with E-state index >= 15 is 0 Å². The molecule has 2 aromatic heterocycles. The summed E-state index contributed by atoms with van der Waals surface area (Å²) in [5.74, 6) is 0.580. The molecule has 0 unspecified atom stereocenters. The minimum Gasteiger partial charge on any atom is -0.487 e. The predicted molar refractivity (Wildman–Crippen MR) is 97.7 cm³/mol. The summed E-state index contributed by atoms with van der Waals surface area (Å²) in [6, 6.07) is 10.4. The molecule has 0 fully saturated rings. The van der Waals surface area contributed by atoms with Crippen molar-refractivity contribution in [3.05, 3.63) is 75.3 Å². The SMILES string of the molecule is COCc1cc(C(C)=O)ccc1OCc1cc(=O)n2cc(C)ccc2n1. The molecule has 0 amide bonds. The summed E-state index contributed by atoms with van der Waals surface area (Å²) in [5.41, 5.74) is 3.32. The molecule has 134 valence electrons. The number of carbonyl (C=O) groups is 1. The number of aromatic nitrogens is 2. The highest BCUT2D eigenvalue weighted by Crippen LogP contribution is 2.22. The van der Waals surface area contributed by atoms with Gasteiger partial charge >= 0.3 is 0 Å². The van der Waals surface area contributed by atoms with Crippen LogP contribution in [0.2, 0.25) is 0 Å². The van der Waals surface area contributed by atoms with Gasteiger partial charge in [0.05, 0.1) is 12.3 Å². The number of fused-ring (bicyclic) bond motifs is 1. The molecule has 0 aliphatic carbocycles. The molecule has 1 aromatic carbocycles. The first-order valence-corrected chi connectivity index (χ1v) is 8.22. The van der Waals surface area contributed by atoms with Gasteiger partial charge in [0, 0.05) is 30.5 Å². The second-order valence-electron chi connectivity index (χ2n) is 6.12. The number of pyridine rings is 1. The molecule has 6 nitrogen and oxygen atoms in total. The molecule has 3 rings (SSSR count). The molecule has 0 saturated heterocycles. The number of ketones is 1. The molecule has 3 aromatic rings. The normalized spacial score (nSPS) is 10.9. The highest BCUT2D eigenvalue weighted by molar-refractivity contribution is 5.94. The summed E-state index contributed by atoms with van der Waals surface area (Å²) in [6.07, 6.45) is 1.76. The van der Waals surface area contributed by atoms with E-state index in [1.807, 2.05) is 13.0 Å². The zero-order valence-electron chi connectivity index (χ0n) is 15.0. The predicted octanol–water partition coefficient (Wildman–Crippen LogP) is 2.93. The molecule has 0 bridgehead atoms. The number of hydrogen-bond acceptors (Lipinski definition) is 5. The summed E-state index contributed by atoms with van der Waals surface area (Å²) in [5, 5.41) is 0. The maximum Gasteiger partial charge on any atom is 0.258 e. The third-order valence-electron chi connectivity index (χ3n) is 4.00. The second-order valence-corrected chi connectivity index (χ2v) is 6.12. The number of hydrogen-bond donors (Lipinski definition) is 0. The number of methoxy groups -OCH3 is 1. The van der Waals surface area contributed by atoms with Crippen LogP contribution >= 0.6 is 0 Å². The smallest absolute Gasteiger partial charge is 0.258 e. The minimum absolute atomic E-state index is 0.0200. The molecule has 26 heavy (non-hydrogen) atoms. The van der Waals surface area contributed by atoms with E-state index in [9.17, 15) is 9.59 Å². The molecule has 0 aliphatic heterocycles. The van der Waals surface area contributed by atoms with Gasteiger partial charge in [0.25, 0.3) is 5.56 Å². The van der Waals surface area contributed by atoms with Gasteiger partial charge in [0.15, 0.2) is 5.78 Å².